The van der Waals surface area contributed by atoms with Crippen LogP contribution in [0.3, 0.4) is 0 Å². The molecule has 1 heterocycles. The van der Waals surface area contributed by atoms with Gasteiger partial charge in [-0.1, -0.05) is 54.2 Å². The first kappa shape index (κ1) is 18.6. The third kappa shape index (κ3) is 5.69. The molecule has 2 aromatic rings. The van der Waals surface area contributed by atoms with E-state index in [1.165, 1.54) is 0 Å². The lowest BCUT2D eigenvalue weighted by Gasteiger charge is -2.15. The second-order valence-corrected chi connectivity index (χ2v) is 8.62. The van der Waals surface area contributed by atoms with Gasteiger partial charge in [-0.15, -0.1) is 0 Å². The molecule has 0 amide bonds. The Bertz CT molecular complexity index is 908. The Labute approximate surface area is 157 Å². The zero-order chi connectivity index (χ0) is 18.4. The van der Waals surface area contributed by atoms with Gasteiger partial charge in [-0.2, -0.15) is 5.10 Å². The molecule has 1 aliphatic heterocycles. The van der Waals surface area contributed by atoms with Gasteiger partial charge < -0.3 is 0 Å². The van der Waals surface area contributed by atoms with Gasteiger partial charge in [0.2, 0.25) is 10.0 Å². The summed E-state index contributed by atoms with van der Waals surface area (Å²) in [5.74, 6) is 0.744. The fourth-order valence-corrected chi connectivity index (χ4v) is 3.64. The van der Waals surface area contributed by atoms with Gasteiger partial charge in [-0.3, -0.25) is 5.43 Å². The molecule has 0 spiro atoms. The fraction of sp³-hybridized carbons (Fsp3) is 0.222. The monoisotopic (exact) mass is 388 g/mol. The molecule has 0 saturated carbocycles. The summed E-state index contributed by atoms with van der Waals surface area (Å²) in [6.45, 7) is 0.399. The van der Waals surface area contributed by atoms with Crippen molar-refractivity contribution in [3.05, 3.63) is 65.7 Å². The lowest BCUT2D eigenvalue weighted by atomic mass is 10.1. The lowest BCUT2D eigenvalue weighted by Crippen LogP contribution is -2.25. The number of amidine groups is 1. The van der Waals surface area contributed by atoms with Crippen molar-refractivity contribution in [2.24, 2.45) is 10.1 Å². The lowest BCUT2D eigenvalue weighted by molar-refractivity contribution is 0.588. The van der Waals surface area contributed by atoms with Gasteiger partial charge in [-0.05, 0) is 29.7 Å². The molecule has 26 heavy (non-hydrogen) atoms. The topological polar surface area (TPSA) is 82.9 Å². The highest BCUT2D eigenvalue weighted by molar-refractivity contribution is 8.14. The minimum atomic E-state index is -3.14. The van der Waals surface area contributed by atoms with E-state index in [4.69, 9.17) is 0 Å². The number of rotatable bonds is 6. The van der Waals surface area contributed by atoms with Crippen LogP contribution in [0.25, 0.3) is 0 Å². The maximum Gasteiger partial charge on any atom is 0.208 e. The zero-order valence-corrected chi connectivity index (χ0v) is 16.0. The number of sulfonamides is 1. The van der Waals surface area contributed by atoms with E-state index in [2.05, 4.69) is 20.2 Å². The molecule has 2 N–H and O–H groups in total. The molecule has 6 nitrogen and oxygen atoms in total. The van der Waals surface area contributed by atoms with Crippen molar-refractivity contribution in [1.29, 1.82) is 0 Å². The normalized spacial score (nSPS) is 16.2. The third-order valence-corrected chi connectivity index (χ3v) is 5.29. The van der Waals surface area contributed by atoms with Crippen molar-refractivity contribution in [2.75, 3.05) is 18.6 Å². The Kier molecular flexibility index (Phi) is 6.08. The first-order valence-corrected chi connectivity index (χ1v) is 11.0. The number of aliphatic imine (C=N–C) groups is 1. The SMILES string of the molecule is CS(=O)(=O)NCCc1ccc(C2=NNC(=Nc3ccccc3)SC2)cc1. The zero-order valence-electron chi connectivity index (χ0n) is 14.3. The molecule has 136 valence electrons. The summed E-state index contributed by atoms with van der Waals surface area (Å²) in [5, 5.41) is 5.21. The van der Waals surface area contributed by atoms with E-state index in [9.17, 15) is 8.42 Å². The number of hydrazone groups is 1. The second kappa shape index (κ2) is 8.48. The van der Waals surface area contributed by atoms with E-state index in [-0.39, 0.29) is 0 Å². The Balaban J connectivity index is 1.59. The predicted octanol–water partition coefficient (Wildman–Crippen LogP) is 2.51. The molecule has 0 saturated heterocycles. The van der Waals surface area contributed by atoms with Gasteiger partial charge in [0.25, 0.3) is 0 Å². The van der Waals surface area contributed by atoms with Gasteiger partial charge in [0.15, 0.2) is 5.17 Å². The Hall–Kier alpha value is -2.16. The van der Waals surface area contributed by atoms with Crippen LogP contribution in [0.2, 0.25) is 0 Å². The summed E-state index contributed by atoms with van der Waals surface area (Å²) in [4.78, 5) is 4.52. The first-order chi connectivity index (χ1) is 12.5. The Morgan fingerprint density at radius 3 is 2.50 bits per heavy atom. The summed E-state index contributed by atoms with van der Waals surface area (Å²) in [6.07, 6.45) is 1.82. The molecule has 0 aliphatic carbocycles. The first-order valence-electron chi connectivity index (χ1n) is 8.13. The van der Waals surface area contributed by atoms with Crippen LogP contribution in [0.1, 0.15) is 11.1 Å². The molecule has 0 unspecified atom stereocenters. The van der Waals surface area contributed by atoms with Crippen LogP contribution in [-0.2, 0) is 16.4 Å². The van der Waals surface area contributed by atoms with Crippen LogP contribution in [0.15, 0.2) is 64.7 Å². The van der Waals surface area contributed by atoms with Crippen molar-refractivity contribution in [3.8, 4) is 0 Å². The van der Waals surface area contributed by atoms with E-state index < -0.39 is 10.0 Å². The minimum absolute atomic E-state index is 0.399. The summed E-state index contributed by atoms with van der Waals surface area (Å²) >= 11 is 1.61. The summed E-state index contributed by atoms with van der Waals surface area (Å²) in [5.41, 5.74) is 6.99. The number of para-hydroxylation sites is 1. The van der Waals surface area contributed by atoms with Crippen LogP contribution >= 0.6 is 11.8 Å². The molecule has 0 radical (unpaired) electrons. The Morgan fingerprint density at radius 2 is 1.88 bits per heavy atom. The number of thioether (sulfide) groups is 1. The molecule has 1 aliphatic rings. The van der Waals surface area contributed by atoms with Crippen molar-refractivity contribution in [2.45, 2.75) is 6.42 Å². The van der Waals surface area contributed by atoms with E-state index in [1.807, 2.05) is 54.6 Å². The average Bonchev–Trinajstić information content (AvgIpc) is 2.63. The van der Waals surface area contributed by atoms with Gasteiger partial charge >= 0.3 is 0 Å². The highest BCUT2D eigenvalue weighted by atomic mass is 32.2. The van der Waals surface area contributed by atoms with Gasteiger partial charge in [0.1, 0.15) is 0 Å². The van der Waals surface area contributed by atoms with Crippen LogP contribution in [0.5, 0.6) is 0 Å². The van der Waals surface area contributed by atoms with Crippen LogP contribution < -0.4 is 10.1 Å². The molecule has 8 heteroatoms. The largest absolute Gasteiger partial charge is 0.255 e. The van der Waals surface area contributed by atoms with E-state index in [0.717, 1.165) is 39.7 Å². The standard InChI is InChI=1S/C18H20N4O2S2/c1-26(23,24)19-12-11-14-7-9-15(10-8-14)17-13-25-18(22-21-17)20-16-5-3-2-4-6-16/h2-10,19H,11-13H2,1H3,(H,20,22). The number of nitrogens with one attached hydrogen (secondary N) is 2. The maximum absolute atomic E-state index is 11.1. The smallest absolute Gasteiger partial charge is 0.208 e. The van der Waals surface area contributed by atoms with Crippen molar-refractivity contribution >= 4 is 38.4 Å². The van der Waals surface area contributed by atoms with Crippen molar-refractivity contribution in [1.82, 2.24) is 10.1 Å². The number of hydrogen-bond acceptors (Lipinski definition) is 5. The quantitative estimate of drug-likeness (QED) is 0.797. The van der Waals surface area contributed by atoms with E-state index in [1.54, 1.807) is 11.8 Å². The van der Waals surface area contributed by atoms with Gasteiger partial charge in [-0.25, -0.2) is 18.1 Å². The van der Waals surface area contributed by atoms with E-state index >= 15 is 0 Å². The highest BCUT2D eigenvalue weighted by Gasteiger charge is 2.13. The van der Waals surface area contributed by atoms with Gasteiger partial charge in [0.05, 0.1) is 17.7 Å². The van der Waals surface area contributed by atoms with Gasteiger partial charge in [0, 0.05) is 12.3 Å². The third-order valence-electron chi connectivity index (χ3n) is 3.68. The van der Waals surface area contributed by atoms with Crippen molar-refractivity contribution in [3.63, 3.8) is 0 Å². The molecule has 0 fully saturated rings. The molecular weight excluding hydrogens is 368 g/mol. The molecular formula is C18H20N4O2S2. The predicted molar refractivity (Wildman–Crippen MR) is 109 cm³/mol. The number of hydrogen-bond donors (Lipinski definition) is 2. The van der Waals surface area contributed by atoms with E-state index in [0.29, 0.717) is 13.0 Å². The van der Waals surface area contributed by atoms with Crippen molar-refractivity contribution < 1.29 is 8.42 Å². The molecule has 0 aromatic heterocycles. The summed E-state index contributed by atoms with van der Waals surface area (Å²) in [7, 11) is -3.14. The average molecular weight is 389 g/mol. The summed E-state index contributed by atoms with van der Waals surface area (Å²) in [6, 6.07) is 17.8. The minimum Gasteiger partial charge on any atom is -0.255 e. The number of nitrogens with zero attached hydrogens (tertiary/aromatic N) is 2. The molecule has 0 bridgehead atoms. The maximum atomic E-state index is 11.1. The van der Waals surface area contributed by atoms with Crippen LogP contribution in [-0.4, -0.2) is 37.9 Å². The molecule has 3 rings (SSSR count). The van der Waals surface area contributed by atoms with Crippen LogP contribution in [0.4, 0.5) is 5.69 Å². The van der Waals surface area contributed by atoms with Crippen LogP contribution in [0, 0.1) is 0 Å². The molecule has 0 atom stereocenters. The number of benzene rings is 2. The summed E-state index contributed by atoms with van der Waals surface area (Å²) < 4.78 is 24.7. The molecule has 2 aromatic carbocycles. The Morgan fingerprint density at radius 1 is 1.15 bits per heavy atom. The highest BCUT2D eigenvalue weighted by Crippen LogP contribution is 2.18. The second-order valence-electron chi connectivity index (χ2n) is 5.82. The fourth-order valence-electron chi connectivity index (χ4n) is 2.39.